The van der Waals surface area contributed by atoms with Crippen molar-refractivity contribution in [3.8, 4) is 5.75 Å². The number of nitrogens with one attached hydrogen (secondary N) is 2. The molecule has 1 atom stereocenters. The molecule has 198 valence electrons. The Labute approximate surface area is 226 Å². The van der Waals surface area contributed by atoms with E-state index in [2.05, 4.69) is 10.6 Å². The minimum absolute atomic E-state index is 0.116. The Morgan fingerprint density at radius 3 is 2.33 bits per heavy atom. The molecule has 5 N–H and O–H groups in total. The van der Waals surface area contributed by atoms with Crippen LogP contribution in [0.2, 0.25) is 0 Å². The number of phenolic OH excluding ortho intramolecular Hbond substituents is 1. The van der Waals surface area contributed by atoms with E-state index in [1.807, 2.05) is 18.2 Å². The molecule has 0 bridgehead atoms. The molecule has 4 rings (SSSR count). The summed E-state index contributed by atoms with van der Waals surface area (Å²) in [4.78, 5) is 37.4. The summed E-state index contributed by atoms with van der Waals surface area (Å²) in [5.41, 5.74) is 7.91. The molecule has 0 spiro atoms. The third-order valence-corrected chi connectivity index (χ3v) is 6.11. The molecule has 0 unspecified atom stereocenters. The first kappa shape index (κ1) is 26.9. The van der Waals surface area contributed by atoms with E-state index < -0.39 is 18.1 Å². The second-order valence-corrected chi connectivity index (χ2v) is 8.84. The highest BCUT2D eigenvalue weighted by Crippen LogP contribution is 2.34. The molecule has 8 nitrogen and oxygen atoms in total. The maximum absolute atomic E-state index is 12.7. The highest BCUT2D eigenvalue weighted by Gasteiger charge is 2.21. The molecule has 0 aromatic heterocycles. The number of benzene rings is 4. The largest absolute Gasteiger partial charge is 0.507 e. The molecule has 0 aliphatic carbocycles. The van der Waals surface area contributed by atoms with Crippen molar-refractivity contribution in [1.29, 1.82) is 0 Å². The van der Waals surface area contributed by atoms with Crippen LogP contribution < -0.4 is 16.4 Å². The number of hydrogen-bond acceptors (Lipinski definition) is 6. The number of fused-ring (bicyclic) bond motifs is 1. The predicted molar refractivity (Wildman–Crippen MR) is 151 cm³/mol. The Hall–Kier alpha value is -5.11. The molecular weight excluding hydrogens is 494 g/mol. The van der Waals surface area contributed by atoms with Gasteiger partial charge in [-0.3, -0.25) is 14.9 Å². The van der Waals surface area contributed by atoms with Crippen LogP contribution in [0.3, 0.4) is 0 Å². The number of alkyl carbamates (subject to hydrolysis) is 1. The van der Waals surface area contributed by atoms with E-state index in [0.717, 1.165) is 5.39 Å². The molecule has 0 fully saturated rings. The maximum Gasteiger partial charge on any atom is 0.414 e. The predicted octanol–water partition coefficient (Wildman–Crippen LogP) is 6.10. The van der Waals surface area contributed by atoms with Crippen molar-refractivity contribution in [2.45, 2.75) is 25.4 Å². The first-order valence-electron chi connectivity index (χ1n) is 12.5. The average Bonchev–Trinajstić information content (AvgIpc) is 2.94. The van der Waals surface area contributed by atoms with Gasteiger partial charge in [-0.05, 0) is 61.1 Å². The first-order valence-corrected chi connectivity index (χ1v) is 12.5. The van der Waals surface area contributed by atoms with Gasteiger partial charge in [-0.15, -0.1) is 0 Å². The molecule has 8 heteroatoms. The summed E-state index contributed by atoms with van der Waals surface area (Å²) < 4.78 is 5.73. The van der Waals surface area contributed by atoms with E-state index in [4.69, 9.17) is 10.5 Å². The van der Waals surface area contributed by atoms with Crippen molar-refractivity contribution in [1.82, 2.24) is 5.32 Å². The number of allylic oxidation sites excluding steroid dienone is 1. The van der Waals surface area contributed by atoms with Crippen molar-refractivity contribution in [3.05, 3.63) is 114 Å². The number of carbonyl (C=O) groups excluding carboxylic acids is 3. The van der Waals surface area contributed by atoms with E-state index in [0.29, 0.717) is 47.2 Å². The fraction of sp³-hybridized carbons (Fsp3) is 0.129. The van der Waals surface area contributed by atoms with Gasteiger partial charge in [0.15, 0.2) is 0 Å². The summed E-state index contributed by atoms with van der Waals surface area (Å²) in [6.45, 7) is 0. The normalized spacial score (nSPS) is 11.7. The Morgan fingerprint density at radius 2 is 1.56 bits per heavy atom. The summed E-state index contributed by atoms with van der Waals surface area (Å²) >= 11 is 0. The van der Waals surface area contributed by atoms with Gasteiger partial charge in [0.05, 0.1) is 11.4 Å². The first-order chi connectivity index (χ1) is 18.9. The van der Waals surface area contributed by atoms with Crippen LogP contribution in [0, 0.1) is 0 Å². The van der Waals surface area contributed by atoms with Crippen molar-refractivity contribution in [2.24, 2.45) is 0 Å². The van der Waals surface area contributed by atoms with E-state index in [1.54, 1.807) is 78.9 Å². The summed E-state index contributed by atoms with van der Waals surface area (Å²) in [7, 11) is 0. The SMILES string of the molecule is Nc1ccccc1NC(=O)/C=C/CCC[C@H](OC(=O)NC(=O)c1ccccc1)c1ccc(O)c2ccccc12. The van der Waals surface area contributed by atoms with Gasteiger partial charge in [-0.25, -0.2) is 4.79 Å². The van der Waals surface area contributed by atoms with E-state index in [9.17, 15) is 19.5 Å². The van der Waals surface area contributed by atoms with Crippen LogP contribution in [-0.2, 0) is 9.53 Å². The number of phenols is 1. The van der Waals surface area contributed by atoms with Gasteiger partial charge in [-0.2, -0.15) is 0 Å². The average molecular weight is 524 g/mol. The van der Waals surface area contributed by atoms with E-state index >= 15 is 0 Å². The highest BCUT2D eigenvalue weighted by molar-refractivity contribution is 6.03. The van der Waals surface area contributed by atoms with Gasteiger partial charge in [0.2, 0.25) is 5.91 Å². The van der Waals surface area contributed by atoms with Gasteiger partial charge in [0.1, 0.15) is 11.9 Å². The monoisotopic (exact) mass is 523 g/mol. The molecule has 3 amide bonds. The lowest BCUT2D eigenvalue weighted by atomic mass is 9.96. The molecule has 0 aliphatic rings. The third-order valence-electron chi connectivity index (χ3n) is 6.11. The van der Waals surface area contributed by atoms with Gasteiger partial charge in [0, 0.05) is 16.5 Å². The molecular formula is C31H29N3O5. The molecule has 39 heavy (non-hydrogen) atoms. The van der Waals surface area contributed by atoms with Gasteiger partial charge in [0.25, 0.3) is 5.91 Å². The zero-order valence-electron chi connectivity index (χ0n) is 21.2. The van der Waals surface area contributed by atoms with Gasteiger partial charge in [-0.1, -0.05) is 66.7 Å². The zero-order chi connectivity index (χ0) is 27.6. The molecule has 0 saturated heterocycles. The number of hydrogen-bond donors (Lipinski definition) is 4. The topological polar surface area (TPSA) is 131 Å². The Kier molecular flexibility index (Phi) is 8.92. The van der Waals surface area contributed by atoms with Crippen LogP contribution in [0.25, 0.3) is 10.8 Å². The molecule has 0 radical (unpaired) electrons. The smallest absolute Gasteiger partial charge is 0.414 e. The van der Waals surface area contributed by atoms with Crippen LogP contribution in [-0.4, -0.2) is 23.0 Å². The number of aromatic hydroxyl groups is 1. The number of amides is 3. The lowest BCUT2D eigenvalue weighted by Crippen LogP contribution is -2.32. The molecule has 4 aromatic carbocycles. The van der Waals surface area contributed by atoms with Gasteiger partial charge >= 0.3 is 6.09 Å². The standard InChI is InChI=1S/C31H29N3O5/c32-25-15-9-10-16-26(25)33-29(36)18-6-2-5-17-28(24-19-20-27(35)23-14-8-7-13-22(23)24)39-31(38)34-30(37)21-11-3-1-4-12-21/h1,3-4,6-16,18-20,28,35H,2,5,17,32H2,(H,33,36)(H,34,37,38)/b18-6+/t28-/m0/s1. The van der Waals surface area contributed by atoms with E-state index in [-0.39, 0.29) is 11.7 Å². The second kappa shape index (κ2) is 12.9. The summed E-state index contributed by atoms with van der Waals surface area (Å²) in [6, 6.07) is 25.9. The zero-order valence-corrected chi connectivity index (χ0v) is 21.2. The van der Waals surface area contributed by atoms with Crippen molar-refractivity contribution in [2.75, 3.05) is 11.1 Å². The number of anilines is 2. The number of nitrogens with two attached hydrogens (primary N) is 1. The quantitative estimate of drug-likeness (QED) is 0.119. The van der Waals surface area contributed by atoms with Crippen LogP contribution in [0.4, 0.5) is 16.2 Å². The summed E-state index contributed by atoms with van der Waals surface area (Å²) in [6.07, 6.45) is 3.13. The van der Waals surface area contributed by atoms with Crippen LogP contribution in [0.15, 0.2) is 103 Å². The number of imide groups is 1. The van der Waals surface area contributed by atoms with Crippen LogP contribution in [0.1, 0.15) is 41.3 Å². The minimum Gasteiger partial charge on any atom is -0.507 e. The van der Waals surface area contributed by atoms with Crippen LogP contribution in [0.5, 0.6) is 5.75 Å². The van der Waals surface area contributed by atoms with Crippen molar-refractivity contribution >= 4 is 40.1 Å². The number of rotatable bonds is 9. The highest BCUT2D eigenvalue weighted by atomic mass is 16.6. The Morgan fingerprint density at radius 1 is 0.872 bits per heavy atom. The minimum atomic E-state index is -0.874. The Bertz CT molecular complexity index is 1500. The summed E-state index contributed by atoms with van der Waals surface area (Å²) in [5.74, 6) is -0.753. The number of unbranched alkanes of at least 4 members (excludes halogenated alkanes) is 1. The fourth-order valence-electron chi connectivity index (χ4n) is 4.17. The Balaban J connectivity index is 1.43. The molecule has 0 heterocycles. The number of ether oxygens (including phenoxy) is 1. The van der Waals surface area contributed by atoms with Gasteiger partial charge < -0.3 is 20.9 Å². The molecule has 0 aliphatic heterocycles. The number of para-hydroxylation sites is 2. The van der Waals surface area contributed by atoms with Crippen LogP contribution >= 0.6 is 0 Å². The third kappa shape index (κ3) is 7.23. The number of carbonyl (C=O) groups is 3. The lowest BCUT2D eigenvalue weighted by molar-refractivity contribution is -0.111. The maximum atomic E-state index is 12.7. The molecule has 0 saturated carbocycles. The van der Waals surface area contributed by atoms with Crippen molar-refractivity contribution in [3.63, 3.8) is 0 Å². The van der Waals surface area contributed by atoms with E-state index in [1.165, 1.54) is 6.08 Å². The number of nitrogen functional groups attached to an aromatic ring is 1. The second-order valence-electron chi connectivity index (χ2n) is 8.84. The summed E-state index contributed by atoms with van der Waals surface area (Å²) in [5, 5.41) is 16.7. The van der Waals surface area contributed by atoms with Crippen molar-refractivity contribution < 1.29 is 24.2 Å². The molecule has 4 aromatic rings. The fourth-order valence-corrected chi connectivity index (χ4v) is 4.17. The lowest BCUT2D eigenvalue weighted by Gasteiger charge is -2.20.